The van der Waals surface area contributed by atoms with E-state index in [9.17, 15) is 0 Å². The first-order valence-corrected chi connectivity index (χ1v) is 8.44. The van der Waals surface area contributed by atoms with Gasteiger partial charge in [0.2, 0.25) is 0 Å². The van der Waals surface area contributed by atoms with Gasteiger partial charge in [0.1, 0.15) is 0 Å². The molecule has 0 aliphatic rings. The highest BCUT2D eigenvalue weighted by molar-refractivity contribution is 7.15. The normalized spacial score (nSPS) is 12.9. The zero-order valence-corrected chi connectivity index (χ0v) is 14.5. The van der Waals surface area contributed by atoms with Crippen LogP contribution in [0.2, 0.25) is 0 Å². The lowest BCUT2D eigenvalue weighted by Crippen LogP contribution is -2.32. The Hall–Kier alpha value is -0.650. The lowest BCUT2D eigenvalue weighted by molar-refractivity contribution is 0.413. The predicted octanol–water partition coefficient (Wildman–Crippen LogP) is 2.89. The highest BCUT2D eigenvalue weighted by Crippen LogP contribution is 2.31. The van der Waals surface area contributed by atoms with Crippen LogP contribution in [0.1, 0.15) is 50.1 Å². The summed E-state index contributed by atoms with van der Waals surface area (Å²) in [5.41, 5.74) is 7.11. The first kappa shape index (κ1) is 17.4. The molecule has 0 amide bonds. The molecule has 5 heteroatoms. The molecular weight excluding hydrogens is 268 g/mol. The van der Waals surface area contributed by atoms with E-state index in [1.165, 1.54) is 10.6 Å². The Kier molecular flexibility index (Phi) is 7.48. The number of rotatable bonds is 9. The maximum Gasteiger partial charge on any atom is 0.185 e. The SMILES string of the molecule is CCCN(CCN(C)C)c1nc(C(C)CC)c(CN)s1. The van der Waals surface area contributed by atoms with Crippen molar-refractivity contribution in [3.63, 3.8) is 0 Å². The van der Waals surface area contributed by atoms with Crippen molar-refractivity contribution in [2.75, 3.05) is 38.6 Å². The molecule has 1 aromatic heterocycles. The number of hydrogen-bond acceptors (Lipinski definition) is 5. The average Bonchev–Trinajstić information content (AvgIpc) is 2.86. The highest BCUT2D eigenvalue weighted by Gasteiger charge is 2.18. The molecule has 0 spiro atoms. The Bertz CT molecular complexity index is 389. The summed E-state index contributed by atoms with van der Waals surface area (Å²) in [6.07, 6.45) is 2.26. The molecule has 0 bridgehead atoms. The molecule has 0 fully saturated rings. The second kappa shape index (κ2) is 8.60. The molecule has 0 aliphatic carbocycles. The van der Waals surface area contributed by atoms with Gasteiger partial charge in [-0.05, 0) is 32.9 Å². The maximum absolute atomic E-state index is 5.90. The molecule has 2 N–H and O–H groups in total. The van der Waals surface area contributed by atoms with Crippen molar-refractivity contribution in [1.82, 2.24) is 9.88 Å². The summed E-state index contributed by atoms with van der Waals surface area (Å²) in [5, 5.41) is 1.14. The van der Waals surface area contributed by atoms with Crippen molar-refractivity contribution in [2.24, 2.45) is 5.73 Å². The van der Waals surface area contributed by atoms with Gasteiger partial charge in [-0.25, -0.2) is 4.98 Å². The topological polar surface area (TPSA) is 45.4 Å². The molecule has 1 unspecified atom stereocenters. The molecule has 116 valence electrons. The highest BCUT2D eigenvalue weighted by atomic mass is 32.1. The summed E-state index contributed by atoms with van der Waals surface area (Å²) >= 11 is 1.77. The van der Waals surface area contributed by atoms with Gasteiger partial charge in [0.15, 0.2) is 5.13 Å². The quantitative estimate of drug-likeness (QED) is 0.761. The minimum absolute atomic E-state index is 0.496. The first-order chi connectivity index (χ1) is 9.53. The standard InChI is InChI=1S/C15H30N4S/c1-6-8-19(10-9-18(4)5)15-17-14(12(3)7-2)13(11-16)20-15/h12H,6-11,16H2,1-5H3. The van der Waals surface area contributed by atoms with Gasteiger partial charge >= 0.3 is 0 Å². The molecule has 0 aromatic carbocycles. The molecule has 4 nitrogen and oxygen atoms in total. The Labute approximate surface area is 128 Å². The second-order valence-corrected chi connectivity index (χ2v) is 6.67. The largest absolute Gasteiger partial charge is 0.347 e. The van der Waals surface area contributed by atoms with Crippen molar-refractivity contribution in [3.05, 3.63) is 10.6 Å². The van der Waals surface area contributed by atoms with E-state index in [1.54, 1.807) is 11.3 Å². The van der Waals surface area contributed by atoms with E-state index in [2.05, 4.69) is 44.7 Å². The Morgan fingerprint density at radius 3 is 2.40 bits per heavy atom. The monoisotopic (exact) mass is 298 g/mol. The van der Waals surface area contributed by atoms with Gasteiger partial charge < -0.3 is 15.5 Å². The van der Waals surface area contributed by atoms with Crippen LogP contribution >= 0.6 is 11.3 Å². The number of nitrogens with zero attached hydrogens (tertiary/aromatic N) is 3. The van der Waals surface area contributed by atoms with Gasteiger partial charge in [0.25, 0.3) is 0 Å². The molecule has 20 heavy (non-hydrogen) atoms. The first-order valence-electron chi connectivity index (χ1n) is 7.62. The summed E-state index contributed by atoms with van der Waals surface area (Å²) in [5.74, 6) is 0.496. The van der Waals surface area contributed by atoms with Crippen LogP contribution in [0.15, 0.2) is 0 Å². The van der Waals surface area contributed by atoms with Gasteiger partial charge in [-0.1, -0.05) is 20.8 Å². The van der Waals surface area contributed by atoms with E-state index in [-0.39, 0.29) is 0 Å². The van der Waals surface area contributed by atoms with E-state index in [0.29, 0.717) is 12.5 Å². The smallest absolute Gasteiger partial charge is 0.185 e. The third-order valence-electron chi connectivity index (χ3n) is 3.56. The van der Waals surface area contributed by atoms with Crippen LogP contribution in [0.3, 0.4) is 0 Å². The maximum atomic E-state index is 5.90. The summed E-state index contributed by atoms with van der Waals surface area (Å²) in [7, 11) is 4.23. The summed E-state index contributed by atoms with van der Waals surface area (Å²) in [4.78, 5) is 10.8. The number of aromatic nitrogens is 1. The van der Waals surface area contributed by atoms with E-state index in [0.717, 1.165) is 37.6 Å². The van der Waals surface area contributed by atoms with Crippen LogP contribution in [-0.2, 0) is 6.54 Å². The Balaban J connectivity index is 2.92. The van der Waals surface area contributed by atoms with Crippen LogP contribution in [0, 0.1) is 0 Å². The lowest BCUT2D eigenvalue weighted by atomic mass is 10.0. The number of thiazole rings is 1. The van der Waals surface area contributed by atoms with Crippen molar-refractivity contribution >= 4 is 16.5 Å². The van der Waals surface area contributed by atoms with Gasteiger partial charge in [-0.2, -0.15) is 0 Å². The van der Waals surface area contributed by atoms with Crippen LogP contribution in [0.25, 0.3) is 0 Å². The zero-order valence-electron chi connectivity index (χ0n) is 13.6. The number of nitrogens with two attached hydrogens (primary N) is 1. The zero-order chi connectivity index (χ0) is 15.1. The Morgan fingerprint density at radius 1 is 1.20 bits per heavy atom. The summed E-state index contributed by atoms with van der Waals surface area (Å²) in [6.45, 7) is 10.4. The minimum Gasteiger partial charge on any atom is -0.347 e. The van der Waals surface area contributed by atoms with E-state index in [4.69, 9.17) is 10.7 Å². The predicted molar refractivity (Wildman–Crippen MR) is 89.8 cm³/mol. The fraction of sp³-hybridized carbons (Fsp3) is 0.800. The molecule has 0 saturated carbocycles. The molecule has 1 heterocycles. The van der Waals surface area contributed by atoms with Crippen LogP contribution in [-0.4, -0.2) is 43.6 Å². The minimum atomic E-state index is 0.496. The second-order valence-electron chi connectivity index (χ2n) is 5.61. The lowest BCUT2D eigenvalue weighted by Gasteiger charge is -2.23. The average molecular weight is 298 g/mol. The third-order valence-corrected chi connectivity index (χ3v) is 4.72. The summed E-state index contributed by atoms with van der Waals surface area (Å²) in [6, 6.07) is 0. The Morgan fingerprint density at radius 2 is 1.90 bits per heavy atom. The van der Waals surface area contributed by atoms with E-state index < -0.39 is 0 Å². The molecule has 1 aromatic rings. The van der Waals surface area contributed by atoms with Crippen LogP contribution in [0.5, 0.6) is 0 Å². The van der Waals surface area contributed by atoms with E-state index in [1.807, 2.05) is 0 Å². The van der Waals surface area contributed by atoms with Crippen molar-refractivity contribution in [3.8, 4) is 0 Å². The number of anilines is 1. The molecule has 1 atom stereocenters. The fourth-order valence-corrected chi connectivity index (χ4v) is 3.22. The van der Waals surface area contributed by atoms with E-state index >= 15 is 0 Å². The number of likely N-dealkylation sites (N-methyl/N-ethyl adjacent to an activating group) is 1. The van der Waals surface area contributed by atoms with Gasteiger partial charge in [0.05, 0.1) is 5.69 Å². The fourth-order valence-electron chi connectivity index (χ4n) is 2.10. The summed E-state index contributed by atoms with van der Waals surface area (Å²) < 4.78 is 0. The van der Waals surface area contributed by atoms with Crippen molar-refractivity contribution in [1.29, 1.82) is 0 Å². The van der Waals surface area contributed by atoms with Gasteiger partial charge in [0, 0.05) is 31.1 Å². The van der Waals surface area contributed by atoms with Crippen LogP contribution in [0.4, 0.5) is 5.13 Å². The van der Waals surface area contributed by atoms with Crippen molar-refractivity contribution in [2.45, 2.75) is 46.1 Å². The molecule has 1 rings (SSSR count). The molecule has 0 aliphatic heterocycles. The molecule has 0 saturated heterocycles. The molecule has 0 radical (unpaired) electrons. The van der Waals surface area contributed by atoms with Gasteiger partial charge in [-0.3, -0.25) is 0 Å². The molecular formula is C15H30N4S. The van der Waals surface area contributed by atoms with Crippen molar-refractivity contribution < 1.29 is 0 Å². The van der Waals surface area contributed by atoms with Gasteiger partial charge in [-0.15, -0.1) is 11.3 Å². The van der Waals surface area contributed by atoms with Crippen LogP contribution < -0.4 is 10.6 Å². The number of hydrogen-bond donors (Lipinski definition) is 1. The third kappa shape index (κ3) is 4.72.